The molecule has 1 fully saturated rings. The van der Waals surface area contributed by atoms with Gasteiger partial charge in [0.1, 0.15) is 5.82 Å². The second-order valence-corrected chi connectivity index (χ2v) is 4.40. The van der Waals surface area contributed by atoms with Crippen molar-refractivity contribution in [3.05, 3.63) is 34.6 Å². The van der Waals surface area contributed by atoms with Crippen LogP contribution < -0.4 is 5.73 Å². The van der Waals surface area contributed by atoms with Gasteiger partial charge < -0.3 is 10.8 Å². The standard InChI is InChI=1S/C11H13ClFNO.ClH/c12-8-3-1-2-7(9(8)13)10(14)11(15)6-4-5-6;/h1-3,6,10-11,15H,4-5,14H2;1H/t10-,11+;/m0./s1. The molecule has 3 N–H and O–H groups in total. The van der Waals surface area contributed by atoms with Gasteiger partial charge in [-0.3, -0.25) is 0 Å². The van der Waals surface area contributed by atoms with Gasteiger partial charge >= 0.3 is 0 Å². The van der Waals surface area contributed by atoms with E-state index in [0.717, 1.165) is 12.8 Å². The molecule has 1 aromatic carbocycles. The lowest BCUT2D eigenvalue weighted by Gasteiger charge is -2.19. The molecule has 2 nitrogen and oxygen atoms in total. The van der Waals surface area contributed by atoms with Crippen LogP contribution in [-0.4, -0.2) is 11.2 Å². The molecular weight excluding hydrogens is 252 g/mol. The molecule has 2 atom stereocenters. The average Bonchev–Trinajstić information content (AvgIpc) is 3.03. The Hall–Kier alpha value is -0.350. The molecular formula is C11H14Cl2FNO. The van der Waals surface area contributed by atoms with Crippen molar-refractivity contribution in [3.8, 4) is 0 Å². The molecule has 5 heteroatoms. The zero-order valence-electron chi connectivity index (χ0n) is 8.57. The summed E-state index contributed by atoms with van der Waals surface area (Å²) in [7, 11) is 0. The van der Waals surface area contributed by atoms with Crippen LogP contribution in [0.15, 0.2) is 18.2 Å². The molecule has 0 spiro atoms. The lowest BCUT2D eigenvalue weighted by molar-refractivity contribution is 0.121. The quantitative estimate of drug-likeness (QED) is 0.883. The van der Waals surface area contributed by atoms with Crippen LogP contribution in [0, 0.1) is 11.7 Å². The Morgan fingerprint density at radius 1 is 1.44 bits per heavy atom. The number of aliphatic hydroxyl groups excluding tert-OH is 1. The summed E-state index contributed by atoms with van der Waals surface area (Å²) in [6.45, 7) is 0. The van der Waals surface area contributed by atoms with E-state index in [4.69, 9.17) is 17.3 Å². The molecule has 0 heterocycles. The van der Waals surface area contributed by atoms with Crippen molar-refractivity contribution < 1.29 is 9.50 Å². The van der Waals surface area contributed by atoms with E-state index in [1.165, 1.54) is 6.07 Å². The van der Waals surface area contributed by atoms with Crippen LogP contribution in [0.1, 0.15) is 24.4 Å². The number of rotatable bonds is 3. The minimum atomic E-state index is -0.684. The molecule has 0 aliphatic heterocycles. The van der Waals surface area contributed by atoms with Gasteiger partial charge in [0.15, 0.2) is 0 Å². The Morgan fingerprint density at radius 2 is 2.06 bits per heavy atom. The first-order valence-electron chi connectivity index (χ1n) is 4.99. The number of nitrogens with two attached hydrogens (primary N) is 1. The van der Waals surface area contributed by atoms with Crippen molar-refractivity contribution in [3.63, 3.8) is 0 Å². The summed E-state index contributed by atoms with van der Waals surface area (Å²) in [5, 5.41) is 9.84. The molecule has 0 aromatic heterocycles. The summed E-state index contributed by atoms with van der Waals surface area (Å²) in [4.78, 5) is 0. The number of hydrogen-bond donors (Lipinski definition) is 2. The Balaban J connectivity index is 0.00000128. The third kappa shape index (κ3) is 2.66. The Kier molecular flexibility index (Phi) is 4.56. The molecule has 1 saturated carbocycles. The summed E-state index contributed by atoms with van der Waals surface area (Å²) in [5.74, 6) is -0.301. The highest BCUT2D eigenvalue weighted by atomic mass is 35.5. The third-order valence-electron chi connectivity index (χ3n) is 2.81. The molecule has 0 amide bonds. The van der Waals surface area contributed by atoms with Crippen LogP contribution in [0.25, 0.3) is 0 Å². The van der Waals surface area contributed by atoms with Crippen molar-refractivity contribution >= 4 is 24.0 Å². The van der Waals surface area contributed by atoms with Crippen LogP contribution >= 0.6 is 24.0 Å². The van der Waals surface area contributed by atoms with Gasteiger partial charge in [-0.25, -0.2) is 4.39 Å². The summed E-state index contributed by atoms with van der Waals surface area (Å²) < 4.78 is 13.6. The molecule has 2 rings (SSSR count). The van der Waals surface area contributed by atoms with Crippen molar-refractivity contribution in [2.75, 3.05) is 0 Å². The van der Waals surface area contributed by atoms with Gasteiger partial charge in [-0.2, -0.15) is 0 Å². The molecule has 0 unspecified atom stereocenters. The molecule has 0 saturated heterocycles. The maximum absolute atomic E-state index is 13.6. The predicted octanol–water partition coefficient (Wildman–Crippen LogP) is 2.67. The summed E-state index contributed by atoms with van der Waals surface area (Å²) >= 11 is 5.65. The predicted molar refractivity (Wildman–Crippen MR) is 64.3 cm³/mol. The average molecular weight is 266 g/mol. The lowest BCUT2D eigenvalue weighted by Crippen LogP contribution is -2.28. The van der Waals surface area contributed by atoms with Gasteiger partial charge in [0.05, 0.1) is 17.2 Å². The number of benzene rings is 1. The summed E-state index contributed by atoms with van der Waals surface area (Å²) in [6, 6.07) is 3.99. The molecule has 1 aromatic rings. The van der Waals surface area contributed by atoms with Gasteiger partial charge in [-0.15, -0.1) is 12.4 Å². The first-order chi connectivity index (χ1) is 7.11. The van der Waals surface area contributed by atoms with Crippen molar-refractivity contribution in [2.45, 2.75) is 25.0 Å². The summed E-state index contributed by atoms with van der Waals surface area (Å²) in [6.07, 6.45) is 1.27. The van der Waals surface area contributed by atoms with Gasteiger partial charge in [0, 0.05) is 5.56 Å². The first kappa shape index (κ1) is 13.7. The number of halogens is 3. The monoisotopic (exact) mass is 265 g/mol. The van der Waals surface area contributed by atoms with E-state index in [1.807, 2.05) is 0 Å². The number of aliphatic hydroxyl groups is 1. The van der Waals surface area contributed by atoms with Gasteiger partial charge in [0.25, 0.3) is 0 Å². The summed E-state index contributed by atoms with van der Waals surface area (Å²) in [5.41, 5.74) is 6.09. The van der Waals surface area contributed by atoms with E-state index in [2.05, 4.69) is 0 Å². The minimum Gasteiger partial charge on any atom is -0.391 e. The highest BCUT2D eigenvalue weighted by Gasteiger charge is 2.35. The highest BCUT2D eigenvalue weighted by molar-refractivity contribution is 6.30. The molecule has 1 aliphatic carbocycles. The molecule has 0 bridgehead atoms. The Morgan fingerprint density at radius 3 is 2.62 bits per heavy atom. The van der Waals surface area contributed by atoms with Crippen molar-refractivity contribution in [1.29, 1.82) is 0 Å². The van der Waals surface area contributed by atoms with E-state index in [9.17, 15) is 9.50 Å². The van der Waals surface area contributed by atoms with Crippen molar-refractivity contribution in [2.24, 2.45) is 11.7 Å². The number of hydrogen-bond acceptors (Lipinski definition) is 2. The van der Waals surface area contributed by atoms with Gasteiger partial charge in [-0.05, 0) is 24.8 Å². The van der Waals surface area contributed by atoms with E-state index < -0.39 is 18.0 Å². The lowest BCUT2D eigenvalue weighted by atomic mass is 9.99. The fourth-order valence-electron chi connectivity index (χ4n) is 1.69. The van der Waals surface area contributed by atoms with E-state index in [-0.39, 0.29) is 23.3 Å². The first-order valence-corrected chi connectivity index (χ1v) is 5.36. The molecule has 90 valence electrons. The fraction of sp³-hybridized carbons (Fsp3) is 0.455. The Bertz CT molecular complexity index is 371. The van der Waals surface area contributed by atoms with E-state index in [0.29, 0.717) is 5.56 Å². The van der Waals surface area contributed by atoms with Crippen LogP contribution in [0.3, 0.4) is 0 Å². The van der Waals surface area contributed by atoms with Crippen molar-refractivity contribution in [1.82, 2.24) is 0 Å². The topological polar surface area (TPSA) is 46.2 Å². The van der Waals surface area contributed by atoms with Crippen LogP contribution in [0.4, 0.5) is 4.39 Å². The molecule has 0 radical (unpaired) electrons. The van der Waals surface area contributed by atoms with Gasteiger partial charge in [0.2, 0.25) is 0 Å². The largest absolute Gasteiger partial charge is 0.391 e. The maximum atomic E-state index is 13.6. The molecule has 1 aliphatic rings. The van der Waals surface area contributed by atoms with E-state index >= 15 is 0 Å². The smallest absolute Gasteiger partial charge is 0.146 e. The second-order valence-electron chi connectivity index (χ2n) is 4.00. The Labute approximate surface area is 105 Å². The SMILES string of the molecule is Cl.N[C@@H](c1cccc(Cl)c1F)[C@H](O)C1CC1. The second kappa shape index (κ2) is 5.32. The zero-order chi connectivity index (χ0) is 11.0. The fourth-order valence-corrected chi connectivity index (χ4v) is 1.87. The highest BCUT2D eigenvalue weighted by Crippen LogP contribution is 2.38. The molecule has 16 heavy (non-hydrogen) atoms. The van der Waals surface area contributed by atoms with Crippen LogP contribution in [0.5, 0.6) is 0 Å². The minimum absolute atomic E-state index is 0. The zero-order valence-corrected chi connectivity index (χ0v) is 10.1. The van der Waals surface area contributed by atoms with Crippen LogP contribution in [-0.2, 0) is 0 Å². The normalized spacial score (nSPS) is 18.8. The maximum Gasteiger partial charge on any atom is 0.146 e. The van der Waals surface area contributed by atoms with Crippen LogP contribution in [0.2, 0.25) is 5.02 Å². The third-order valence-corrected chi connectivity index (χ3v) is 3.11. The van der Waals surface area contributed by atoms with Gasteiger partial charge in [-0.1, -0.05) is 23.7 Å². The van der Waals surface area contributed by atoms with E-state index in [1.54, 1.807) is 12.1 Å².